The molecule has 1 aromatic carbocycles. The number of carbonyl (C=O) groups is 1. The van der Waals surface area contributed by atoms with Gasteiger partial charge in [-0.05, 0) is 62.3 Å². The molecule has 0 atom stereocenters. The van der Waals surface area contributed by atoms with Crippen molar-refractivity contribution >= 4 is 5.97 Å². The molecule has 2 aromatic rings. The average Bonchev–Trinajstić information content (AvgIpc) is 2.89. The Kier molecular flexibility index (Phi) is 12.1. The van der Waals surface area contributed by atoms with Crippen molar-refractivity contribution in [2.24, 2.45) is 11.8 Å². The topological polar surface area (TPSA) is 61.3 Å². The van der Waals surface area contributed by atoms with Gasteiger partial charge in [-0.1, -0.05) is 71.6 Å². The van der Waals surface area contributed by atoms with Crippen LogP contribution in [0.5, 0.6) is 11.5 Å². The van der Waals surface area contributed by atoms with Crippen LogP contribution in [-0.2, 0) is 4.79 Å². The van der Waals surface area contributed by atoms with Crippen LogP contribution in [-0.4, -0.2) is 22.5 Å². The van der Waals surface area contributed by atoms with Gasteiger partial charge in [0.15, 0.2) is 11.6 Å². The molecule has 0 aliphatic heterocycles. The Bertz CT molecular complexity index is 843. The summed E-state index contributed by atoms with van der Waals surface area (Å²) in [5.74, 6) is 2.65. The zero-order valence-electron chi connectivity index (χ0n) is 21.8. The predicted octanol–water partition coefficient (Wildman–Crippen LogP) is 8.18. The number of carbonyl (C=O) groups excluding carboxylic acids is 1. The van der Waals surface area contributed by atoms with Crippen LogP contribution < -0.4 is 9.47 Å². The van der Waals surface area contributed by atoms with Crippen LogP contribution in [0.4, 0.5) is 0 Å². The van der Waals surface area contributed by atoms with E-state index in [4.69, 9.17) is 9.47 Å². The highest BCUT2D eigenvalue weighted by atomic mass is 16.5. The third-order valence-electron chi connectivity index (χ3n) is 7.12. The van der Waals surface area contributed by atoms with Gasteiger partial charge >= 0.3 is 5.97 Å². The first-order valence-electron chi connectivity index (χ1n) is 14.0. The summed E-state index contributed by atoms with van der Waals surface area (Å²) in [7, 11) is 0. The van der Waals surface area contributed by atoms with Gasteiger partial charge in [0, 0.05) is 5.56 Å². The molecule has 1 saturated carbocycles. The van der Waals surface area contributed by atoms with Gasteiger partial charge in [0.25, 0.3) is 0 Å². The molecule has 3 rings (SSSR count). The molecule has 1 aliphatic carbocycles. The van der Waals surface area contributed by atoms with E-state index >= 15 is 0 Å². The minimum atomic E-state index is -0.0899. The van der Waals surface area contributed by atoms with Crippen LogP contribution in [0.3, 0.4) is 0 Å². The van der Waals surface area contributed by atoms with E-state index in [-0.39, 0.29) is 11.9 Å². The minimum Gasteiger partial charge on any atom is -0.490 e. The number of rotatable bonds is 15. The van der Waals surface area contributed by atoms with Crippen LogP contribution in [0.15, 0.2) is 36.7 Å². The van der Waals surface area contributed by atoms with Crippen LogP contribution >= 0.6 is 0 Å². The molecular formula is C30H44N2O3. The molecule has 35 heavy (non-hydrogen) atoms. The second-order valence-electron chi connectivity index (χ2n) is 10.0. The first-order valence-corrected chi connectivity index (χ1v) is 14.0. The number of benzene rings is 1. The van der Waals surface area contributed by atoms with Gasteiger partial charge < -0.3 is 9.47 Å². The predicted molar refractivity (Wildman–Crippen MR) is 142 cm³/mol. The van der Waals surface area contributed by atoms with E-state index in [9.17, 15) is 4.79 Å². The Balaban J connectivity index is 1.39. The number of esters is 1. The van der Waals surface area contributed by atoms with Crippen molar-refractivity contribution in [1.82, 2.24) is 9.97 Å². The largest absolute Gasteiger partial charge is 0.490 e. The minimum absolute atomic E-state index is 0.0318. The Labute approximate surface area is 212 Å². The SMILES string of the molecule is CCCCCCCCOc1cnc(-c2ccc(OC(=O)[C@H]3CC[C@H](CCCCC)CC3)cc2)nc1. The fourth-order valence-electron chi connectivity index (χ4n) is 4.85. The second kappa shape index (κ2) is 15.5. The number of hydrogen-bond donors (Lipinski definition) is 0. The van der Waals surface area contributed by atoms with Gasteiger partial charge in [-0.25, -0.2) is 9.97 Å². The van der Waals surface area contributed by atoms with Crippen molar-refractivity contribution in [1.29, 1.82) is 0 Å². The van der Waals surface area contributed by atoms with Crippen molar-refractivity contribution < 1.29 is 14.3 Å². The molecule has 0 unspecified atom stereocenters. The summed E-state index contributed by atoms with van der Waals surface area (Å²) < 4.78 is 11.5. The standard InChI is InChI=1S/C30H44N2O3/c1-3-5-7-8-9-11-21-34-28-22-31-29(32-23-28)25-17-19-27(20-18-25)35-30(33)26-15-13-24(14-16-26)12-10-6-4-2/h17-20,22-24,26H,3-16,21H2,1-2H3/t24-,26-. The lowest BCUT2D eigenvalue weighted by Gasteiger charge is -2.27. The number of unbranched alkanes of at least 4 members (excludes halogenated alkanes) is 7. The molecule has 0 bridgehead atoms. The Morgan fingerprint density at radius 3 is 2.11 bits per heavy atom. The quantitative estimate of drug-likeness (QED) is 0.146. The molecule has 5 heteroatoms. The summed E-state index contributed by atoms with van der Waals surface area (Å²) in [6, 6.07) is 7.46. The normalized spacial score (nSPS) is 17.8. The van der Waals surface area contributed by atoms with E-state index < -0.39 is 0 Å². The van der Waals surface area contributed by atoms with Crippen LogP contribution in [0.2, 0.25) is 0 Å². The van der Waals surface area contributed by atoms with Gasteiger partial charge in [-0.3, -0.25) is 4.79 Å². The van der Waals surface area contributed by atoms with Gasteiger partial charge in [-0.2, -0.15) is 0 Å². The summed E-state index contributed by atoms with van der Waals surface area (Å²) >= 11 is 0. The van der Waals surface area contributed by atoms with Gasteiger partial charge in [-0.15, -0.1) is 0 Å². The monoisotopic (exact) mass is 480 g/mol. The van der Waals surface area contributed by atoms with Gasteiger partial charge in [0.2, 0.25) is 0 Å². The van der Waals surface area contributed by atoms with Crippen molar-refractivity contribution in [2.45, 2.75) is 104 Å². The number of ether oxygens (including phenoxy) is 2. The summed E-state index contributed by atoms with van der Waals surface area (Å²) in [5.41, 5.74) is 0.889. The summed E-state index contributed by atoms with van der Waals surface area (Å²) in [6.45, 7) is 5.18. The smallest absolute Gasteiger partial charge is 0.314 e. The molecule has 1 fully saturated rings. The van der Waals surface area contributed by atoms with Gasteiger partial charge in [0.1, 0.15) is 5.75 Å². The number of aromatic nitrogens is 2. The first-order chi connectivity index (χ1) is 17.2. The second-order valence-corrected chi connectivity index (χ2v) is 10.0. The van der Waals surface area contributed by atoms with Crippen molar-refractivity contribution in [3.8, 4) is 22.9 Å². The highest BCUT2D eigenvalue weighted by Crippen LogP contribution is 2.33. The van der Waals surface area contributed by atoms with Crippen molar-refractivity contribution in [2.75, 3.05) is 6.61 Å². The third-order valence-corrected chi connectivity index (χ3v) is 7.12. The molecule has 1 aromatic heterocycles. The number of nitrogens with zero attached hydrogens (tertiary/aromatic N) is 2. The molecule has 0 spiro atoms. The molecule has 0 N–H and O–H groups in total. The third kappa shape index (κ3) is 9.62. The molecule has 1 aliphatic rings. The van der Waals surface area contributed by atoms with E-state index in [1.165, 1.54) is 57.8 Å². The van der Waals surface area contributed by atoms with Crippen LogP contribution in [0, 0.1) is 11.8 Å². The van der Waals surface area contributed by atoms with E-state index in [0.29, 0.717) is 23.9 Å². The number of hydrogen-bond acceptors (Lipinski definition) is 5. The van der Waals surface area contributed by atoms with Crippen LogP contribution in [0.1, 0.15) is 104 Å². The first kappa shape index (κ1) is 27.2. The molecule has 0 amide bonds. The summed E-state index contributed by atoms with van der Waals surface area (Å²) in [6.07, 6.45) is 20.3. The maximum absolute atomic E-state index is 12.6. The Morgan fingerprint density at radius 1 is 0.800 bits per heavy atom. The van der Waals surface area contributed by atoms with Crippen molar-refractivity contribution in [3.63, 3.8) is 0 Å². The highest BCUT2D eigenvalue weighted by Gasteiger charge is 2.27. The van der Waals surface area contributed by atoms with E-state index in [0.717, 1.165) is 43.6 Å². The lowest BCUT2D eigenvalue weighted by Crippen LogP contribution is -2.25. The average molecular weight is 481 g/mol. The van der Waals surface area contributed by atoms with Crippen LogP contribution in [0.25, 0.3) is 11.4 Å². The van der Waals surface area contributed by atoms with Gasteiger partial charge in [0.05, 0.1) is 24.9 Å². The lowest BCUT2D eigenvalue weighted by atomic mass is 9.80. The fourth-order valence-corrected chi connectivity index (χ4v) is 4.85. The molecular weight excluding hydrogens is 436 g/mol. The maximum Gasteiger partial charge on any atom is 0.314 e. The zero-order chi connectivity index (χ0) is 24.7. The molecule has 1 heterocycles. The van der Waals surface area contributed by atoms with Crippen molar-refractivity contribution in [3.05, 3.63) is 36.7 Å². The Hall–Kier alpha value is -2.43. The molecule has 0 saturated heterocycles. The molecule has 192 valence electrons. The Morgan fingerprint density at radius 2 is 1.43 bits per heavy atom. The summed E-state index contributed by atoms with van der Waals surface area (Å²) in [4.78, 5) is 21.5. The van der Waals surface area contributed by atoms with E-state index in [1.807, 2.05) is 24.3 Å². The summed E-state index contributed by atoms with van der Waals surface area (Å²) in [5, 5.41) is 0. The maximum atomic E-state index is 12.6. The lowest BCUT2D eigenvalue weighted by molar-refractivity contribution is -0.140. The van der Waals surface area contributed by atoms with E-state index in [1.54, 1.807) is 12.4 Å². The van der Waals surface area contributed by atoms with E-state index in [2.05, 4.69) is 23.8 Å². The zero-order valence-corrected chi connectivity index (χ0v) is 21.8. The highest BCUT2D eigenvalue weighted by molar-refractivity contribution is 5.75. The molecule has 0 radical (unpaired) electrons. The fraction of sp³-hybridized carbons (Fsp3) is 0.633. The molecule has 5 nitrogen and oxygen atoms in total.